The van der Waals surface area contributed by atoms with Gasteiger partial charge in [-0.1, -0.05) is 57.2 Å². The number of hydrogen-bond donors (Lipinski definition) is 2. The van der Waals surface area contributed by atoms with Crippen LogP contribution in [0.15, 0.2) is 48.5 Å². The molecule has 0 unspecified atom stereocenters. The van der Waals surface area contributed by atoms with E-state index in [1.807, 2.05) is 24.3 Å². The second kappa shape index (κ2) is 5.88. The number of hydrogen-bond acceptors (Lipinski definition) is 3. The minimum atomic E-state index is 0.151. The van der Waals surface area contributed by atoms with Crippen molar-refractivity contribution in [3.05, 3.63) is 65.5 Å². The summed E-state index contributed by atoms with van der Waals surface area (Å²) in [5.74, 6) is 1.58. The topological polar surface area (TPSA) is 67.6 Å². The lowest BCUT2D eigenvalue weighted by molar-refractivity contribution is 0.590. The van der Waals surface area contributed by atoms with E-state index >= 15 is 0 Å². The SMILES string of the molecule is CC(C)(C)c1ccc(-c2n[nH]c(Cc3ccc(N)cc3)n2)cc1. The van der Waals surface area contributed by atoms with Crippen LogP contribution in [0.3, 0.4) is 0 Å². The van der Waals surface area contributed by atoms with E-state index in [2.05, 4.69) is 60.2 Å². The summed E-state index contributed by atoms with van der Waals surface area (Å²) < 4.78 is 0. The fraction of sp³-hybridized carbons (Fsp3) is 0.263. The number of H-pyrrole nitrogens is 1. The molecule has 3 aromatic rings. The standard InChI is InChI=1S/C19H22N4/c1-19(2,3)15-8-6-14(7-9-15)18-21-17(22-23-18)12-13-4-10-16(20)11-5-13/h4-11H,12,20H2,1-3H3,(H,21,22,23). The quantitative estimate of drug-likeness (QED) is 0.720. The van der Waals surface area contributed by atoms with E-state index in [1.165, 1.54) is 5.56 Å². The summed E-state index contributed by atoms with van der Waals surface area (Å²) in [6.45, 7) is 6.62. The number of benzene rings is 2. The highest BCUT2D eigenvalue weighted by Crippen LogP contribution is 2.24. The predicted molar refractivity (Wildman–Crippen MR) is 94.2 cm³/mol. The molecule has 3 rings (SSSR count). The number of nitrogens with two attached hydrogens (primary N) is 1. The third-order valence-electron chi connectivity index (χ3n) is 3.89. The molecular weight excluding hydrogens is 284 g/mol. The summed E-state index contributed by atoms with van der Waals surface area (Å²) in [5, 5.41) is 7.35. The predicted octanol–water partition coefficient (Wildman–Crippen LogP) is 3.94. The normalized spacial score (nSPS) is 11.6. The maximum absolute atomic E-state index is 5.71. The molecule has 0 aliphatic carbocycles. The van der Waals surface area contributed by atoms with Gasteiger partial charge >= 0.3 is 0 Å². The lowest BCUT2D eigenvalue weighted by Crippen LogP contribution is -2.10. The smallest absolute Gasteiger partial charge is 0.181 e. The van der Waals surface area contributed by atoms with Crippen LogP contribution >= 0.6 is 0 Å². The third kappa shape index (κ3) is 3.59. The van der Waals surface area contributed by atoms with Crippen LogP contribution in [-0.2, 0) is 11.8 Å². The molecule has 118 valence electrons. The van der Waals surface area contributed by atoms with Gasteiger partial charge in [0.25, 0.3) is 0 Å². The van der Waals surface area contributed by atoms with Crippen LogP contribution in [0.1, 0.15) is 37.7 Å². The van der Waals surface area contributed by atoms with Crippen LogP contribution in [-0.4, -0.2) is 15.2 Å². The summed E-state index contributed by atoms with van der Waals surface area (Å²) in [6.07, 6.45) is 0.716. The summed E-state index contributed by atoms with van der Waals surface area (Å²) in [4.78, 5) is 4.59. The van der Waals surface area contributed by atoms with Crippen molar-refractivity contribution in [1.82, 2.24) is 15.2 Å². The molecular formula is C19H22N4. The first kappa shape index (κ1) is 15.3. The Hall–Kier alpha value is -2.62. The average molecular weight is 306 g/mol. The largest absolute Gasteiger partial charge is 0.399 e. The molecule has 2 aromatic carbocycles. The molecule has 0 fully saturated rings. The zero-order valence-electron chi connectivity index (χ0n) is 13.8. The van der Waals surface area contributed by atoms with Gasteiger partial charge in [-0.15, -0.1) is 0 Å². The lowest BCUT2D eigenvalue weighted by atomic mass is 9.87. The van der Waals surface area contributed by atoms with Gasteiger partial charge in [-0.2, -0.15) is 5.10 Å². The zero-order chi connectivity index (χ0) is 16.4. The highest BCUT2D eigenvalue weighted by molar-refractivity contribution is 5.55. The van der Waals surface area contributed by atoms with Gasteiger partial charge in [0.05, 0.1) is 0 Å². The van der Waals surface area contributed by atoms with Crippen LogP contribution in [0.25, 0.3) is 11.4 Å². The fourth-order valence-corrected chi connectivity index (χ4v) is 2.45. The van der Waals surface area contributed by atoms with Crippen molar-refractivity contribution < 1.29 is 0 Å². The first-order valence-corrected chi connectivity index (χ1v) is 7.78. The van der Waals surface area contributed by atoms with Gasteiger partial charge in [-0.3, -0.25) is 5.10 Å². The van der Waals surface area contributed by atoms with Crippen molar-refractivity contribution in [3.8, 4) is 11.4 Å². The molecule has 0 bridgehead atoms. The number of anilines is 1. The highest BCUT2D eigenvalue weighted by atomic mass is 15.2. The van der Waals surface area contributed by atoms with Crippen molar-refractivity contribution in [2.75, 3.05) is 5.73 Å². The Morgan fingerprint density at radius 2 is 1.61 bits per heavy atom. The molecule has 4 heteroatoms. The van der Waals surface area contributed by atoms with Gasteiger partial charge in [-0.25, -0.2) is 4.98 Å². The maximum Gasteiger partial charge on any atom is 0.181 e. The van der Waals surface area contributed by atoms with Gasteiger partial charge in [0.15, 0.2) is 5.82 Å². The van der Waals surface area contributed by atoms with Gasteiger partial charge < -0.3 is 5.73 Å². The second-order valence-corrected chi connectivity index (χ2v) is 6.85. The Morgan fingerprint density at radius 1 is 0.957 bits per heavy atom. The van der Waals surface area contributed by atoms with Crippen LogP contribution in [0, 0.1) is 0 Å². The van der Waals surface area contributed by atoms with E-state index in [0.717, 1.165) is 28.5 Å². The van der Waals surface area contributed by atoms with E-state index < -0.39 is 0 Å². The van der Waals surface area contributed by atoms with Crippen LogP contribution < -0.4 is 5.73 Å². The fourth-order valence-electron chi connectivity index (χ4n) is 2.45. The lowest BCUT2D eigenvalue weighted by Gasteiger charge is -2.18. The number of nitrogen functional groups attached to an aromatic ring is 1. The molecule has 0 aliphatic rings. The molecule has 0 saturated carbocycles. The van der Waals surface area contributed by atoms with E-state index in [-0.39, 0.29) is 5.41 Å². The Morgan fingerprint density at radius 3 is 2.22 bits per heavy atom. The van der Waals surface area contributed by atoms with E-state index in [1.54, 1.807) is 0 Å². The molecule has 4 nitrogen and oxygen atoms in total. The number of nitrogens with one attached hydrogen (secondary N) is 1. The Balaban J connectivity index is 1.77. The minimum absolute atomic E-state index is 0.151. The molecule has 0 amide bonds. The van der Waals surface area contributed by atoms with Gasteiger partial charge in [0.1, 0.15) is 5.82 Å². The molecule has 1 heterocycles. The van der Waals surface area contributed by atoms with Crippen LogP contribution in [0.2, 0.25) is 0 Å². The molecule has 3 N–H and O–H groups in total. The summed E-state index contributed by atoms with van der Waals surface area (Å²) in [5.41, 5.74) is 10.1. The summed E-state index contributed by atoms with van der Waals surface area (Å²) in [6, 6.07) is 16.3. The maximum atomic E-state index is 5.71. The number of nitrogens with zero attached hydrogens (tertiary/aromatic N) is 2. The first-order valence-electron chi connectivity index (χ1n) is 7.78. The zero-order valence-corrected chi connectivity index (χ0v) is 13.8. The Labute approximate surface area is 136 Å². The van der Waals surface area contributed by atoms with Crippen LogP contribution in [0.4, 0.5) is 5.69 Å². The van der Waals surface area contributed by atoms with E-state index in [9.17, 15) is 0 Å². The molecule has 23 heavy (non-hydrogen) atoms. The molecule has 0 spiro atoms. The number of aromatic nitrogens is 3. The summed E-state index contributed by atoms with van der Waals surface area (Å²) >= 11 is 0. The molecule has 1 aromatic heterocycles. The van der Waals surface area contributed by atoms with Gasteiger partial charge in [0, 0.05) is 17.7 Å². The Kier molecular flexibility index (Phi) is 3.90. The van der Waals surface area contributed by atoms with Crippen LogP contribution in [0.5, 0.6) is 0 Å². The second-order valence-electron chi connectivity index (χ2n) is 6.85. The van der Waals surface area contributed by atoms with Crippen molar-refractivity contribution in [3.63, 3.8) is 0 Å². The molecule has 0 atom stereocenters. The minimum Gasteiger partial charge on any atom is -0.399 e. The third-order valence-corrected chi connectivity index (χ3v) is 3.89. The van der Waals surface area contributed by atoms with Crippen molar-refractivity contribution in [2.24, 2.45) is 0 Å². The number of aromatic amines is 1. The molecule has 0 aliphatic heterocycles. The summed E-state index contributed by atoms with van der Waals surface area (Å²) in [7, 11) is 0. The number of rotatable bonds is 3. The van der Waals surface area contributed by atoms with Crippen molar-refractivity contribution in [2.45, 2.75) is 32.6 Å². The highest BCUT2D eigenvalue weighted by Gasteiger charge is 2.14. The average Bonchev–Trinajstić information content (AvgIpc) is 2.97. The van der Waals surface area contributed by atoms with Gasteiger partial charge in [0.2, 0.25) is 0 Å². The van der Waals surface area contributed by atoms with Crippen molar-refractivity contribution in [1.29, 1.82) is 0 Å². The van der Waals surface area contributed by atoms with E-state index in [0.29, 0.717) is 6.42 Å². The van der Waals surface area contributed by atoms with E-state index in [4.69, 9.17) is 5.73 Å². The van der Waals surface area contributed by atoms with Gasteiger partial charge in [-0.05, 0) is 28.7 Å². The monoisotopic (exact) mass is 306 g/mol. The Bertz CT molecular complexity index is 777. The first-order chi connectivity index (χ1) is 10.9. The molecule has 0 saturated heterocycles. The molecule has 0 radical (unpaired) electrons. The van der Waals surface area contributed by atoms with Crippen molar-refractivity contribution >= 4 is 5.69 Å².